The zero-order valence-corrected chi connectivity index (χ0v) is 19.8. The van der Waals surface area contributed by atoms with E-state index in [0.29, 0.717) is 17.4 Å². The number of rotatable bonds is 7. The molecule has 6 heteroatoms. The number of fused-ring (bicyclic) bond motifs is 1. The molecule has 0 bridgehead atoms. The number of aromatic nitrogens is 1. The highest BCUT2D eigenvalue weighted by Gasteiger charge is 2.25. The Morgan fingerprint density at radius 2 is 1.29 bits per heavy atom. The van der Waals surface area contributed by atoms with Crippen molar-refractivity contribution in [3.05, 3.63) is 127 Å². The first-order valence-corrected chi connectivity index (χ1v) is 12.8. The number of carbonyl (C=O) groups excluding carboxylic acids is 1. The minimum atomic E-state index is -3.75. The Morgan fingerprint density at radius 1 is 0.714 bits per heavy atom. The molecule has 35 heavy (non-hydrogen) atoms. The van der Waals surface area contributed by atoms with E-state index >= 15 is 0 Å². The fourth-order valence-electron chi connectivity index (χ4n) is 4.21. The summed E-state index contributed by atoms with van der Waals surface area (Å²) < 4.78 is 28.6. The second-order valence-corrected chi connectivity index (χ2v) is 10.2. The predicted octanol–water partition coefficient (Wildman–Crippen LogP) is 5.71. The summed E-state index contributed by atoms with van der Waals surface area (Å²) >= 11 is 0. The van der Waals surface area contributed by atoms with Gasteiger partial charge in [-0.2, -0.15) is 0 Å². The molecule has 0 saturated carbocycles. The molecular formula is C29H24N2O3S. The minimum absolute atomic E-state index is 0.00650. The van der Waals surface area contributed by atoms with Gasteiger partial charge in [-0.05, 0) is 35.9 Å². The Labute approximate surface area is 204 Å². The van der Waals surface area contributed by atoms with Crippen LogP contribution in [0.15, 0.2) is 131 Å². The number of sulfone groups is 1. The van der Waals surface area contributed by atoms with Crippen molar-refractivity contribution in [3.8, 4) is 0 Å². The molecule has 0 spiro atoms. The largest absolute Gasteiger partial charge is 0.337 e. The van der Waals surface area contributed by atoms with Gasteiger partial charge < -0.3 is 9.47 Å². The van der Waals surface area contributed by atoms with E-state index in [1.807, 2.05) is 78.9 Å². The molecule has 0 aliphatic carbocycles. The van der Waals surface area contributed by atoms with Gasteiger partial charge in [0.1, 0.15) is 6.54 Å². The highest BCUT2D eigenvalue weighted by Crippen LogP contribution is 2.30. The van der Waals surface area contributed by atoms with Gasteiger partial charge in [0.25, 0.3) is 0 Å². The normalized spacial score (nSPS) is 11.4. The fraction of sp³-hybridized carbons (Fsp3) is 0.0690. The van der Waals surface area contributed by atoms with Gasteiger partial charge in [-0.1, -0.05) is 84.9 Å². The van der Waals surface area contributed by atoms with Gasteiger partial charge in [-0.15, -0.1) is 0 Å². The predicted molar refractivity (Wildman–Crippen MR) is 138 cm³/mol. The van der Waals surface area contributed by atoms with Crippen LogP contribution in [-0.4, -0.2) is 18.9 Å². The van der Waals surface area contributed by atoms with Crippen LogP contribution in [0.2, 0.25) is 0 Å². The smallest absolute Gasteiger partial charge is 0.247 e. The topological polar surface area (TPSA) is 59.4 Å². The molecule has 0 atom stereocenters. The molecule has 1 amide bonds. The number of carbonyl (C=O) groups is 1. The van der Waals surface area contributed by atoms with Crippen molar-refractivity contribution < 1.29 is 13.2 Å². The van der Waals surface area contributed by atoms with Gasteiger partial charge in [0.05, 0.1) is 16.3 Å². The van der Waals surface area contributed by atoms with Crippen LogP contribution in [0.4, 0.5) is 5.69 Å². The maximum Gasteiger partial charge on any atom is 0.247 e. The lowest BCUT2D eigenvalue weighted by atomic mass is 10.2. The van der Waals surface area contributed by atoms with Crippen LogP contribution in [0.3, 0.4) is 0 Å². The number of anilines is 1. The van der Waals surface area contributed by atoms with Gasteiger partial charge in [0.15, 0.2) is 0 Å². The number of para-hydroxylation sites is 2. The maximum atomic E-state index is 13.6. The molecule has 4 aromatic carbocycles. The Kier molecular flexibility index (Phi) is 6.21. The van der Waals surface area contributed by atoms with Crippen molar-refractivity contribution in [2.45, 2.75) is 22.9 Å². The minimum Gasteiger partial charge on any atom is -0.337 e. The Morgan fingerprint density at radius 3 is 1.97 bits per heavy atom. The van der Waals surface area contributed by atoms with Gasteiger partial charge in [0, 0.05) is 22.8 Å². The van der Waals surface area contributed by atoms with E-state index in [0.717, 1.165) is 11.3 Å². The van der Waals surface area contributed by atoms with Crippen molar-refractivity contribution in [1.29, 1.82) is 0 Å². The lowest BCUT2D eigenvalue weighted by Gasteiger charge is -2.23. The second kappa shape index (κ2) is 9.60. The van der Waals surface area contributed by atoms with E-state index in [9.17, 15) is 13.2 Å². The highest BCUT2D eigenvalue weighted by atomic mass is 32.2. The van der Waals surface area contributed by atoms with Crippen molar-refractivity contribution in [2.24, 2.45) is 0 Å². The second-order valence-electron chi connectivity index (χ2n) is 8.26. The van der Waals surface area contributed by atoms with Gasteiger partial charge >= 0.3 is 0 Å². The molecule has 0 N–H and O–H groups in total. The zero-order valence-electron chi connectivity index (χ0n) is 19.0. The van der Waals surface area contributed by atoms with E-state index in [-0.39, 0.29) is 22.2 Å². The van der Waals surface area contributed by atoms with Gasteiger partial charge in [-0.25, -0.2) is 8.42 Å². The van der Waals surface area contributed by atoms with Gasteiger partial charge in [0.2, 0.25) is 15.7 Å². The summed E-state index contributed by atoms with van der Waals surface area (Å²) in [7, 11) is -3.75. The third-order valence-electron chi connectivity index (χ3n) is 5.95. The molecular weight excluding hydrogens is 456 g/mol. The molecule has 0 radical (unpaired) electrons. The number of hydrogen-bond donors (Lipinski definition) is 0. The van der Waals surface area contributed by atoms with Crippen LogP contribution in [0, 0.1) is 0 Å². The van der Waals surface area contributed by atoms with Crippen LogP contribution < -0.4 is 4.90 Å². The van der Waals surface area contributed by atoms with E-state index in [1.54, 1.807) is 52.1 Å². The third-order valence-corrected chi connectivity index (χ3v) is 7.75. The first-order chi connectivity index (χ1) is 17.0. The molecule has 0 saturated heterocycles. The number of hydrogen-bond acceptors (Lipinski definition) is 3. The van der Waals surface area contributed by atoms with Crippen molar-refractivity contribution in [2.75, 3.05) is 4.90 Å². The average molecular weight is 481 g/mol. The summed E-state index contributed by atoms with van der Waals surface area (Å²) in [5.74, 6) is -0.135. The summed E-state index contributed by atoms with van der Waals surface area (Å²) in [4.78, 5) is 15.8. The monoisotopic (exact) mass is 480 g/mol. The van der Waals surface area contributed by atoms with E-state index in [1.165, 1.54) is 0 Å². The molecule has 1 aromatic heterocycles. The lowest BCUT2D eigenvalue weighted by Crippen LogP contribution is -2.33. The summed E-state index contributed by atoms with van der Waals surface area (Å²) in [6, 6.07) is 35.0. The van der Waals surface area contributed by atoms with Crippen LogP contribution in [0.25, 0.3) is 10.9 Å². The molecule has 0 aliphatic rings. The van der Waals surface area contributed by atoms with Crippen LogP contribution in [-0.2, 0) is 27.7 Å². The standard InChI is InChI=1S/C29H24N2O3S/c32-29(31(24-14-6-2-7-15-24)20-23-12-4-1-5-13-23)22-30-21-28(26-18-10-11-19-27(26)30)35(33,34)25-16-8-3-9-17-25/h1-19,21H,20,22H2. The molecule has 5 rings (SSSR count). The van der Waals surface area contributed by atoms with E-state index in [4.69, 9.17) is 0 Å². The zero-order chi connectivity index (χ0) is 24.3. The summed E-state index contributed by atoms with van der Waals surface area (Å²) in [6.45, 7) is 0.421. The average Bonchev–Trinajstić information content (AvgIpc) is 3.28. The van der Waals surface area contributed by atoms with Crippen molar-refractivity contribution >= 4 is 32.3 Å². The number of benzene rings is 4. The third kappa shape index (κ3) is 4.61. The van der Waals surface area contributed by atoms with Crippen LogP contribution in [0.1, 0.15) is 5.56 Å². The van der Waals surface area contributed by atoms with Gasteiger partial charge in [-0.3, -0.25) is 4.79 Å². The number of amides is 1. The first-order valence-electron chi connectivity index (χ1n) is 11.3. The van der Waals surface area contributed by atoms with Crippen LogP contribution >= 0.6 is 0 Å². The molecule has 5 nitrogen and oxygen atoms in total. The van der Waals surface area contributed by atoms with Crippen LogP contribution in [0.5, 0.6) is 0 Å². The van der Waals surface area contributed by atoms with Crippen molar-refractivity contribution in [3.63, 3.8) is 0 Å². The molecule has 0 fully saturated rings. The molecule has 1 heterocycles. The summed E-state index contributed by atoms with van der Waals surface area (Å²) in [5.41, 5.74) is 2.49. The molecule has 0 aliphatic heterocycles. The SMILES string of the molecule is O=C(Cn1cc(S(=O)(=O)c2ccccc2)c2ccccc21)N(Cc1ccccc1)c1ccccc1. The number of nitrogens with zero attached hydrogens (tertiary/aromatic N) is 2. The Balaban J connectivity index is 1.54. The molecule has 5 aromatic rings. The fourth-order valence-corrected chi connectivity index (χ4v) is 5.71. The van der Waals surface area contributed by atoms with E-state index in [2.05, 4.69) is 0 Å². The van der Waals surface area contributed by atoms with E-state index < -0.39 is 9.84 Å². The quantitative estimate of drug-likeness (QED) is 0.300. The first kappa shape index (κ1) is 22.6. The maximum absolute atomic E-state index is 13.6. The summed E-state index contributed by atoms with van der Waals surface area (Å²) in [5, 5.41) is 0.596. The molecule has 0 unspecified atom stereocenters. The highest BCUT2D eigenvalue weighted by molar-refractivity contribution is 7.91. The summed E-state index contributed by atoms with van der Waals surface area (Å²) in [6.07, 6.45) is 1.58. The van der Waals surface area contributed by atoms with Crippen molar-refractivity contribution in [1.82, 2.24) is 4.57 Å². The lowest BCUT2D eigenvalue weighted by molar-refractivity contribution is -0.119. The Hall–Kier alpha value is -4.16. The molecule has 174 valence electrons. The Bertz CT molecular complexity index is 1560.